The number of ketones is 1. The lowest BCUT2D eigenvalue weighted by molar-refractivity contribution is 0.0952. The van der Waals surface area contributed by atoms with E-state index in [1.807, 2.05) is 30.3 Å². The first kappa shape index (κ1) is 15.1. The van der Waals surface area contributed by atoms with Gasteiger partial charge >= 0.3 is 0 Å². The van der Waals surface area contributed by atoms with Gasteiger partial charge in [0.05, 0.1) is 11.1 Å². The summed E-state index contributed by atoms with van der Waals surface area (Å²) >= 11 is 6.25. The molecule has 114 valence electrons. The topological polar surface area (TPSA) is 38.3 Å². The van der Waals surface area contributed by atoms with Gasteiger partial charge in [0.15, 0.2) is 5.78 Å². The van der Waals surface area contributed by atoms with E-state index < -0.39 is 0 Å². The smallest absolute Gasteiger partial charge is 0.179 e. The number of carbonyl (C=O) groups is 1. The fourth-order valence-electron chi connectivity index (χ4n) is 2.62. The second kappa shape index (κ2) is 6.95. The molecule has 1 fully saturated rings. The highest BCUT2D eigenvalue weighted by Gasteiger charge is 2.23. The van der Waals surface area contributed by atoms with Crippen molar-refractivity contribution in [1.29, 1.82) is 0 Å². The Morgan fingerprint density at radius 3 is 2.73 bits per heavy atom. The van der Waals surface area contributed by atoms with Gasteiger partial charge in [-0.15, -0.1) is 0 Å². The van der Waals surface area contributed by atoms with Gasteiger partial charge in [-0.05, 0) is 43.1 Å². The van der Waals surface area contributed by atoms with Gasteiger partial charge in [-0.2, -0.15) is 0 Å². The molecule has 3 nitrogen and oxygen atoms in total. The summed E-state index contributed by atoms with van der Waals surface area (Å²) in [6, 6.07) is 15.1. The summed E-state index contributed by atoms with van der Waals surface area (Å²) in [4.78, 5) is 12.3. The molecule has 1 aliphatic rings. The maximum atomic E-state index is 12.3. The fourth-order valence-corrected chi connectivity index (χ4v) is 2.85. The van der Waals surface area contributed by atoms with Gasteiger partial charge < -0.3 is 10.1 Å². The largest absolute Gasteiger partial charge is 0.487 e. The second-order valence-corrected chi connectivity index (χ2v) is 5.84. The van der Waals surface area contributed by atoms with Crippen molar-refractivity contribution in [2.75, 3.05) is 6.54 Å². The normalized spacial score (nSPS) is 17.4. The third kappa shape index (κ3) is 3.49. The highest BCUT2D eigenvalue weighted by atomic mass is 35.5. The highest BCUT2D eigenvalue weighted by molar-refractivity contribution is 6.32. The molecular formula is C18H18ClNO2. The molecule has 2 aromatic rings. The highest BCUT2D eigenvalue weighted by Crippen LogP contribution is 2.27. The van der Waals surface area contributed by atoms with E-state index in [0.717, 1.165) is 24.9 Å². The summed E-state index contributed by atoms with van der Waals surface area (Å²) in [5.74, 6) is 0.704. The molecule has 0 saturated carbocycles. The molecule has 1 unspecified atom stereocenters. The fraction of sp³-hybridized carbons (Fsp3) is 0.278. The zero-order chi connectivity index (χ0) is 15.4. The van der Waals surface area contributed by atoms with E-state index in [0.29, 0.717) is 22.9 Å². The average molecular weight is 316 g/mol. The molecule has 0 amide bonds. The minimum atomic E-state index is -0.0767. The van der Waals surface area contributed by atoms with E-state index in [4.69, 9.17) is 16.3 Å². The van der Waals surface area contributed by atoms with Crippen molar-refractivity contribution >= 4 is 17.4 Å². The van der Waals surface area contributed by atoms with Crippen LogP contribution in [0.2, 0.25) is 5.02 Å². The van der Waals surface area contributed by atoms with Crippen LogP contribution in [0.25, 0.3) is 0 Å². The van der Waals surface area contributed by atoms with Crippen molar-refractivity contribution in [1.82, 2.24) is 5.32 Å². The van der Waals surface area contributed by atoms with Crippen LogP contribution in [0.3, 0.4) is 0 Å². The predicted octanol–water partition coefficient (Wildman–Crippen LogP) is 3.85. The van der Waals surface area contributed by atoms with E-state index in [1.165, 1.54) is 0 Å². The number of halogens is 1. The summed E-state index contributed by atoms with van der Waals surface area (Å²) in [5.41, 5.74) is 1.71. The molecule has 0 bridgehead atoms. The van der Waals surface area contributed by atoms with Crippen LogP contribution in [0.5, 0.6) is 5.75 Å². The summed E-state index contributed by atoms with van der Waals surface area (Å²) in [7, 11) is 0. The summed E-state index contributed by atoms with van der Waals surface area (Å²) in [6.07, 6.45) is 1.94. The Labute approximate surface area is 135 Å². The van der Waals surface area contributed by atoms with Gasteiger partial charge in [0.25, 0.3) is 0 Å². The van der Waals surface area contributed by atoms with E-state index in [-0.39, 0.29) is 11.8 Å². The molecule has 0 aliphatic carbocycles. The molecule has 1 atom stereocenters. The van der Waals surface area contributed by atoms with E-state index in [1.54, 1.807) is 18.2 Å². The van der Waals surface area contributed by atoms with Crippen LogP contribution in [0.4, 0.5) is 0 Å². The van der Waals surface area contributed by atoms with Gasteiger partial charge in [0.2, 0.25) is 0 Å². The number of carbonyl (C=O) groups excluding carboxylic acids is 1. The summed E-state index contributed by atoms with van der Waals surface area (Å²) < 4.78 is 5.72. The molecule has 0 spiro atoms. The first-order valence-corrected chi connectivity index (χ1v) is 7.86. The van der Waals surface area contributed by atoms with E-state index in [2.05, 4.69) is 5.32 Å². The van der Waals surface area contributed by atoms with Crippen LogP contribution < -0.4 is 10.1 Å². The zero-order valence-corrected chi connectivity index (χ0v) is 13.0. The molecule has 1 N–H and O–H groups in total. The van der Waals surface area contributed by atoms with Crippen molar-refractivity contribution < 1.29 is 9.53 Å². The molecular weight excluding hydrogens is 298 g/mol. The Bertz CT molecular complexity index is 651. The van der Waals surface area contributed by atoms with Crippen LogP contribution in [-0.2, 0) is 6.61 Å². The Hall–Kier alpha value is -1.84. The van der Waals surface area contributed by atoms with Gasteiger partial charge in [0, 0.05) is 5.56 Å². The first-order valence-electron chi connectivity index (χ1n) is 7.48. The number of hydrogen-bond donors (Lipinski definition) is 1. The number of hydrogen-bond acceptors (Lipinski definition) is 3. The third-order valence-corrected chi connectivity index (χ3v) is 4.13. The Morgan fingerprint density at radius 1 is 1.23 bits per heavy atom. The number of Topliss-reactive ketones (excluding diaryl/α,β-unsaturated/α-hetero) is 1. The number of benzene rings is 2. The van der Waals surface area contributed by atoms with Crippen molar-refractivity contribution in [3.05, 3.63) is 64.7 Å². The second-order valence-electron chi connectivity index (χ2n) is 5.43. The average Bonchev–Trinajstić information content (AvgIpc) is 3.08. The standard InChI is InChI=1S/C18H18ClNO2/c19-15-11-14(18(21)16-7-4-10-20-16)8-9-17(15)22-12-13-5-2-1-3-6-13/h1-3,5-6,8-9,11,16,20H,4,7,10,12H2. The molecule has 1 saturated heterocycles. The quantitative estimate of drug-likeness (QED) is 0.852. The van der Waals surface area contributed by atoms with Crippen LogP contribution >= 0.6 is 11.6 Å². The molecule has 2 aromatic carbocycles. The Morgan fingerprint density at radius 2 is 2.05 bits per heavy atom. The lowest BCUT2D eigenvalue weighted by Gasteiger charge is -2.12. The van der Waals surface area contributed by atoms with Crippen LogP contribution in [0, 0.1) is 0 Å². The van der Waals surface area contributed by atoms with Crippen LogP contribution in [0.15, 0.2) is 48.5 Å². The lowest BCUT2D eigenvalue weighted by atomic mass is 10.0. The van der Waals surface area contributed by atoms with Gasteiger partial charge in [-0.3, -0.25) is 4.79 Å². The van der Waals surface area contributed by atoms with Crippen LogP contribution in [0.1, 0.15) is 28.8 Å². The minimum Gasteiger partial charge on any atom is -0.487 e. The van der Waals surface area contributed by atoms with Gasteiger partial charge in [0.1, 0.15) is 12.4 Å². The lowest BCUT2D eigenvalue weighted by Crippen LogP contribution is -2.30. The molecule has 4 heteroatoms. The first-order chi connectivity index (χ1) is 10.7. The zero-order valence-electron chi connectivity index (χ0n) is 12.2. The van der Waals surface area contributed by atoms with Crippen molar-refractivity contribution in [2.45, 2.75) is 25.5 Å². The third-order valence-electron chi connectivity index (χ3n) is 3.83. The van der Waals surface area contributed by atoms with E-state index in [9.17, 15) is 4.79 Å². The number of nitrogens with one attached hydrogen (secondary N) is 1. The molecule has 1 heterocycles. The van der Waals surface area contributed by atoms with Crippen LogP contribution in [-0.4, -0.2) is 18.4 Å². The molecule has 0 aromatic heterocycles. The van der Waals surface area contributed by atoms with E-state index >= 15 is 0 Å². The minimum absolute atomic E-state index is 0.0767. The van der Waals surface area contributed by atoms with Gasteiger partial charge in [-0.1, -0.05) is 41.9 Å². The maximum Gasteiger partial charge on any atom is 0.179 e. The molecule has 0 radical (unpaired) electrons. The van der Waals surface area contributed by atoms with Crippen molar-refractivity contribution in [3.63, 3.8) is 0 Å². The Balaban J connectivity index is 1.68. The SMILES string of the molecule is O=C(c1ccc(OCc2ccccc2)c(Cl)c1)C1CCCN1. The van der Waals surface area contributed by atoms with Crippen molar-refractivity contribution in [3.8, 4) is 5.75 Å². The monoisotopic (exact) mass is 315 g/mol. The summed E-state index contributed by atoms with van der Waals surface area (Å²) in [5, 5.41) is 3.68. The Kier molecular flexibility index (Phi) is 4.76. The summed E-state index contributed by atoms with van der Waals surface area (Å²) in [6.45, 7) is 1.36. The molecule has 1 aliphatic heterocycles. The molecule has 3 rings (SSSR count). The number of ether oxygens (including phenoxy) is 1. The van der Waals surface area contributed by atoms with Gasteiger partial charge in [-0.25, -0.2) is 0 Å². The number of rotatable bonds is 5. The predicted molar refractivity (Wildman–Crippen MR) is 87.6 cm³/mol. The van der Waals surface area contributed by atoms with Crippen molar-refractivity contribution in [2.24, 2.45) is 0 Å². The molecule has 22 heavy (non-hydrogen) atoms. The maximum absolute atomic E-state index is 12.3.